The first kappa shape index (κ1) is 11.3. The fourth-order valence-corrected chi connectivity index (χ4v) is 1.22. The van der Waals surface area contributed by atoms with Gasteiger partial charge in [-0.25, -0.2) is 9.78 Å². The van der Waals surface area contributed by atoms with Crippen LogP contribution < -0.4 is 11.1 Å². The molecule has 0 aliphatic carbocycles. The fourth-order valence-electron chi connectivity index (χ4n) is 1.22. The molecule has 0 fully saturated rings. The Labute approximate surface area is 88.3 Å². The molecule has 15 heavy (non-hydrogen) atoms. The van der Waals surface area contributed by atoms with E-state index in [1.54, 1.807) is 19.2 Å². The maximum atomic E-state index is 10.8. The van der Waals surface area contributed by atoms with Crippen molar-refractivity contribution in [2.75, 3.05) is 11.1 Å². The molecule has 0 saturated heterocycles. The van der Waals surface area contributed by atoms with Gasteiger partial charge in [-0.1, -0.05) is 6.92 Å². The number of hydrogen-bond donors (Lipinski definition) is 3. The number of nitrogens with zero attached hydrogens (tertiary/aromatic N) is 1. The zero-order chi connectivity index (χ0) is 11.4. The van der Waals surface area contributed by atoms with Crippen molar-refractivity contribution in [1.29, 1.82) is 0 Å². The second kappa shape index (κ2) is 4.63. The largest absolute Gasteiger partial charge is 0.480 e. The third-order valence-corrected chi connectivity index (χ3v) is 2.07. The summed E-state index contributed by atoms with van der Waals surface area (Å²) in [5, 5.41) is 11.6. The van der Waals surface area contributed by atoms with Crippen LogP contribution in [-0.4, -0.2) is 22.1 Å². The number of anilines is 2. The van der Waals surface area contributed by atoms with Crippen LogP contribution in [-0.2, 0) is 4.79 Å². The van der Waals surface area contributed by atoms with Crippen molar-refractivity contribution in [2.45, 2.75) is 26.3 Å². The van der Waals surface area contributed by atoms with E-state index in [-0.39, 0.29) is 0 Å². The molecule has 0 amide bonds. The molecule has 4 N–H and O–H groups in total. The van der Waals surface area contributed by atoms with Crippen LogP contribution in [0.1, 0.15) is 18.9 Å². The minimum absolute atomic E-state index is 0.426. The summed E-state index contributed by atoms with van der Waals surface area (Å²) < 4.78 is 0. The van der Waals surface area contributed by atoms with Crippen LogP contribution in [0.4, 0.5) is 11.5 Å². The van der Waals surface area contributed by atoms with Crippen LogP contribution in [0.2, 0.25) is 0 Å². The Bertz CT molecular complexity index is 366. The monoisotopic (exact) mass is 209 g/mol. The molecule has 0 aliphatic rings. The van der Waals surface area contributed by atoms with Crippen molar-refractivity contribution in [2.24, 2.45) is 0 Å². The van der Waals surface area contributed by atoms with Gasteiger partial charge in [0.1, 0.15) is 11.9 Å². The van der Waals surface area contributed by atoms with Gasteiger partial charge in [0.05, 0.1) is 5.69 Å². The maximum Gasteiger partial charge on any atom is 0.326 e. The number of aryl methyl sites for hydroxylation is 1. The number of carboxylic acids is 1. The van der Waals surface area contributed by atoms with Crippen LogP contribution >= 0.6 is 0 Å². The highest BCUT2D eigenvalue weighted by molar-refractivity contribution is 5.78. The van der Waals surface area contributed by atoms with Crippen LogP contribution in [0, 0.1) is 6.92 Å². The quantitative estimate of drug-likeness (QED) is 0.694. The lowest BCUT2D eigenvalue weighted by atomic mass is 10.2. The lowest BCUT2D eigenvalue weighted by molar-refractivity contribution is -0.137. The lowest BCUT2D eigenvalue weighted by Gasteiger charge is -2.14. The summed E-state index contributed by atoms with van der Waals surface area (Å²) in [6, 6.07) is 1.10. The number of nitrogens with one attached hydrogen (secondary N) is 1. The van der Waals surface area contributed by atoms with Gasteiger partial charge in [-0.2, -0.15) is 0 Å². The number of aliphatic carboxylic acids is 1. The highest BCUT2D eigenvalue weighted by Gasteiger charge is 2.15. The molecule has 82 valence electrons. The van der Waals surface area contributed by atoms with E-state index < -0.39 is 12.0 Å². The van der Waals surface area contributed by atoms with E-state index in [1.165, 1.54) is 0 Å². The minimum atomic E-state index is -0.903. The zero-order valence-electron chi connectivity index (χ0n) is 8.82. The van der Waals surface area contributed by atoms with Gasteiger partial charge in [-0.3, -0.25) is 0 Å². The zero-order valence-corrected chi connectivity index (χ0v) is 8.82. The second-order valence-electron chi connectivity index (χ2n) is 3.39. The van der Waals surface area contributed by atoms with Gasteiger partial charge in [0.15, 0.2) is 0 Å². The van der Waals surface area contributed by atoms with E-state index >= 15 is 0 Å². The molecule has 0 bridgehead atoms. The van der Waals surface area contributed by atoms with Gasteiger partial charge in [-0.05, 0) is 25.0 Å². The summed E-state index contributed by atoms with van der Waals surface area (Å²) in [7, 11) is 0. The molecule has 1 aromatic heterocycles. The van der Waals surface area contributed by atoms with E-state index in [2.05, 4.69) is 10.3 Å². The van der Waals surface area contributed by atoms with Crippen molar-refractivity contribution in [3.05, 3.63) is 17.8 Å². The Hall–Kier alpha value is -1.78. The Morgan fingerprint density at radius 2 is 2.40 bits per heavy atom. The summed E-state index contributed by atoms with van der Waals surface area (Å²) >= 11 is 0. The maximum absolute atomic E-state index is 10.8. The number of rotatable bonds is 4. The van der Waals surface area contributed by atoms with E-state index in [0.717, 1.165) is 5.56 Å². The molecule has 1 heterocycles. The van der Waals surface area contributed by atoms with Gasteiger partial charge in [0, 0.05) is 6.20 Å². The predicted octanol–water partition coefficient (Wildman–Crippen LogP) is 1.25. The van der Waals surface area contributed by atoms with Gasteiger partial charge >= 0.3 is 5.97 Å². The number of hydrogen-bond acceptors (Lipinski definition) is 4. The Morgan fingerprint density at radius 3 is 2.87 bits per heavy atom. The molecule has 0 spiro atoms. The topological polar surface area (TPSA) is 88.2 Å². The molecule has 0 aromatic carbocycles. The average Bonchev–Trinajstić information content (AvgIpc) is 2.16. The van der Waals surface area contributed by atoms with Crippen molar-refractivity contribution >= 4 is 17.5 Å². The van der Waals surface area contributed by atoms with Crippen molar-refractivity contribution in [1.82, 2.24) is 4.98 Å². The van der Waals surface area contributed by atoms with Crippen LogP contribution in [0.25, 0.3) is 0 Å². The molecular weight excluding hydrogens is 194 g/mol. The molecule has 1 rings (SSSR count). The van der Waals surface area contributed by atoms with Crippen molar-refractivity contribution in [3.63, 3.8) is 0 Å². The molecule has 1 aromatic rings. The normalized spacial score (nSPS) is 12.1. The summed E-state index contributed by atoms with van der Waals surface area (Å²) in [4.78, 5) is 14.8. The third kappa shape index (κ3) is 2.83. The van der Waals surface area contributed by atoms with Gasteiger partial charge in [0.25, 0.3) is 0 Å². The standard InChI is InChI=1S/C10H15N3O2/c1-3-8(10(14)15)13-9-7(11)4-6(2)5-12-9/h4-5,8H,3,11H2,1-2H3,(H,12,13)(H,14,15). The summed E-state index contributed by atoms with van der Waals surface area (Å²) in [6.45, 7) is 3.66. The van der Waals surface area contributed by atoms with Gasteiger partial charge < -0.3 is 16.2 Å². The molecule has 1 atom stereocenters. The first-order valence-corrected chi connectivity index (χ1v) is 4.76. The smallest absolute Gasteiger partial charge is 0.326 e. The molecule has 1 unspecified atom stereocenters. The molecule has 0 radical (unpaired) electrons. The molecular formula is C10H15N3O2. The first-order valence-electron chi connectivity index (χ1n) is 4.76. The number of pyridine rings is 1. The molecule has 5 nitrogen and oxygen atoms in total. The van der Waals surface area contributed by atoms with Crippen molar-refractivity contribution in [3.8, 4) is 0 Å². The third-order valence-electron chi connectivity index (χ3n) is 2.07. The van der Waals surface area contributed by atoms with Crippen molar-refractivity contribution < 1.29 is 9.90 Å². The SMILES string of the molecule is CCC(Nc1ncc(C)cc1N)C(=O)O. The molecule has 0 aliphatic heterocycles. The summed E-state index contributed by atoms with van der Waals surface area (Å²) in [5.41, 5.74) is 7.12. The Kier molecular flexibility index (Phi) is 3.49. The number of aromatic nitrogens is 1. The average molecular weight is 209 g/mol. The lowest BCUT2D eigenvalue weighted by Crippen LogP contribution is -2.29. The van der Waals surface area contributed by atoms with E-state index in [9.17, 15) is 4.79 Å². The number of carboxylic acid groups (broad SMARTS) is 1. The summed E-state index contributed by atoms with van der Waals surface area (Å²) in [6.07, 6.45) is 2.12. The predicted molar refractivity (Wildman–Crippen MR) is 58.7 cm³/mol. The number of nitrogen functional groups attached to an aromatic ring is 1. The molecule has 5 heteroatoms. The van der Waals surface area contributed by atoms with Gasteiger partial charge in [-0.15, -0.1) is 0 Å². The van der Waals surface area contributed by atoms with E-state index in [4.69, 9.17) is 10.8 Å². The van der Waals surface area contributed by atoms with Crippen LogP contribution in [0.5, 0.6) is 0 Å². The Balaban J connectivity index is 2.84. The van der Waals surface area contributed by atoms with E-state index in [0.29, 0.717) is 17.9 Å². The summed E-state index contributed by atoms with van der Waals surface area (Å²) in [5.74, 6) is -0.478. The fraction of sp³-hybridized carbons (Fsp3) is 0.400. The Morgan fingerprint density at radius 1 is 1.73 bits per heavy atom. The first-order chi connectivity index (χ1) is 7.04. The van der Waals surface area contributed by atoms with Crippen LogP contribution in [0.15, 0.2) is 12.3 Å². The van der Waals surface area contributed by atoms with Gasteiger partial charge in [0.2, 0.25) is 0 Å². The number of carbonyl (C=O) groups is 1. The number of nitrogens with two attached hydrogens (primary N) is 1. The minimum Gasteiger partial charge on any atom is -0.480 e. The van der Waals surface area contributed by atoms with Crippen LogP contribution in [0.3, 0.4) is 0 Å². The second-order valence-corrected chi connectivity index (χ2v) is 3.39. The van der Waals surface area contributed by atoms with E-state index in [1.807, 2.05) is 6.92 Å². The highest BCUT2D eigenvalue weighted by atomic mass is 16.4. The molecule has 0 saturated carbocycles. The highest BCUT2D eigenvalue weighted by Crippen LogP contribution is 2.17.